The number of hydrogen-bond donors (Lipinski definition) is 0. The molecule has 110 valence electrons. The van der Waals surface area contributed by atoms with E-state index in [1.54, 1.807) is 16.9 Å². The lowest BCUT2D eigenvalue weighted by Gasteiger charge is -2.17. The summed E-state index contributed by atoms with van der Waals surface area (Å²) in [6.07, 6.45) is 1.46. The second-order valence-electron chi connectivity index (χ2n) is 4.74. The van der Waals surface area contributed by atoms with Crippen LogP contribution in [0.4, 0.5) is 5.82 Å². The highest BCUT2D eigenvalue weighted by Gasteiger charge is 2.39. The lowest BCUT2D eigenvalue weighted by Crippen LogP contribution is -2.28. The van der Waals surface area contributed by atoms with Gasteiger partial charge in [0.25, 0.3) is 0 Å². The highest BCUT2D eigenvalue weighted by molar-refractivity contribution is 8.14. The summed E-state index contributed by atoms with van der Waals surface area (Å²) in [7, 11) is 1.60. The quantitative estimate of drug-likeness (QED) is 0.803. The number of para-hydroxylation sites is 1. The second-order valence-corrected chi connectivity index (χ2v) is 7.65. The SMILES string of the molecule is O=C1CC(S(=O)(=O)Cl)CN1c1ccnn1-c1ccccc1. The Hall–Kier alpha value is -1.86. The van der Waals surface area contributed by atoms with Crippen molar-refractivity contribution in [2.24, 2.45) is 0 Å². The second kappa shape index (κ2) is 5.16. The van der Waals surface area contributed by atoms with Crippen molar-refractivity contribution in [1.29, 1.82) is 0 Å². The van der Waals surface area contributed by atoms with Crippen molar-refractivity contribution in [3.05, 3.63) is 42.6 Å². The van der Waals surface area contributed by atoms with Gasteiger partial charge in [-0.15, -0.1) is 0 Å². The van der Waals surface area contributed by atoms with Crippen molar-refractivity contribution in [2.75, 3.05) is 11.4 Å². The highest BCUT2D eigenvalue weighted by Crippen LogP contribution is 2.28. The molecule has 6 nitrogen and oxygen atoms in total. The first-order valence-electron chi connectivity index (χ1n) is 6.30. The van der Waals surface area contributed by atoms with Gasteiger partial charge in [-0.25, -0.2) is 13.1 Å². The molecule has 0 spiro atoms. The number of aromatic nitrogens is 2. The van der Waals surface area contributed by atoms with Gasteiger partial charge in [-0.2, -0.15) is 5.10 Å². The minimum absolute atomic E-state index is 0.0448. The first-order chi connectivity index (χ1) is 9.97. The number of hydrogen-bond acceptors (Lipinski definition) is 4. The average Bonchev–Trinajstić information content (AvgIpc) is 3.05. The third-order valence-corrected chi connectivity index (χ3v) is 5.26. The first-order valence-corrected chi connectivity index (χ1v) is 8.67. The fraction of sp³-hybridized carbons (Fsp3) is 0.231. The minimum atomic E-state index is -3.76. The van der Waals surface area contributed by atoms with Crippen molar-refractivity contribution in [3.8, 4) is 5.69 Å². The van der Waals surface area contributed by atoms with E-state index in [-0.39, 0.29) is 18.9 Å². The highest BCUT2D eigenvalue weighted by atomic mass is 35.7. The summed E-state index contributed by atoms with van der Waals surface area (Å²) in [5, 5.41) is 3.31. The van der Waals surface area contributed by atoms with Crippen molar-refractivity contribution in [3.63, 3.8) is 0 Å². The lowest BCUT2D eigenvalue weighted by atomic mass is 10.3. The Morgan fingerprint density at radius 3 is 2.52 bits per heavy atom. The van der Waals surface area contributed by atoms with E-state index in [1.807, 2.05) is 30.3 Å². The van der Waals surface area contributed by atoms with Crippen molar-refractivity contribution < 1.29 is 13.2 Å². The third kappa shape index (κ3) is 2.66. The van der Waals surface area contributed by atoms with E-state index in [0.717, 1.165) is 5.69 Å². The Morgan fingerprint density at radius 2 is 1.90 bits per heavy atom. The van der Waals surface area contributed by atoms with E-state index in [1.165, 1.54) is 4.90 Å². The fourth-order valence-electron chi connectivity index (χ4n) is 2.35. The van der Waals surface area contributed by atoms with Crippen LogP contribution in [0.15, 0.2) is 42.6 Å². The predicted octanol–water partition coefficient (Wildman–Crippen LogP) is 1.55. The molecule has 1 aliphatic heterocycles. The molecule has 1 amide bonds. The molecule has 1 fully saturated rings. The zero-order valence-electron chi connectivity index (χ0n) is 10.9. The molecule has 1 aromatic carbocycles. The van der Waals surface area contributed by atoms with Crippen LogP contribution in [-0.4, -0.2) is 35.9 Å². The molecule has 1 aliphatic rings. The standard InChI is InChI=1S/C13H12ClN3O3S/c14-21(19,20)11-8-13(18)16(9-11)12-6-7-15-17(12)10-4-2-1-3-5-10/h1-7,11H,8-9H2. The molecule has 2 aromatic rings. The first kappa shape index (κ1) is 14.1. The zero-order valence-corrected chi connectivity index (χ0v) is 12.5. The van der Waals surface area contributed by atoms with Crippen LogP contribution in [0.3, 0.4) is 0 Å². The zero-order chi connectivity index (χ0) is 15.0. The van der Waals surface area contributed by atoms with Crippen LogP contribution < -0.4 is 4.90 Å². The van der Waals surface area contributed by atoms with Gasteiger partial charge in [0.2, 0.25) is 15.0 Å². The molecular weight excluding hydrogens is 314 g/mol. The summed E-state index contributed by atoms with van der Waals surface area (Å²) in [5.41, 5.74) is 0.794. The van der Waals surface area contributed by atoms with E-state index >= 15 is 0 Å². The van der Waals surface area contributed by atoms with Crippen molar-refractivity contribution in [2.45, 2.75) is 11.7 Å². The molecule has 21 heavy (non-hydrogen) atoms. The maximum absolute atomic E-state index is 12.1. The summed E-state index contributed by atoms with van der Waals surface area (Å²) < 4.78 is 24.4. The Bertz CT molecular complexity index is 773. The maximum Gasteiger partial charge on any atom is 0.237 e. The van der Waals surface area contributed by atoms with E-state index < -0.39 is 14.3 Å². The molecule has 2 heterocycles. The molecule has 1 aromatic heterocycles. The molecule has 0 bridgehead atoms. The number of carbonyl (C=O) groups is 1. The van der Waals surface area contributed by atoms with Gasteiger partial charge in [0.1, 0.15) is 11.1 Å². The van der Waals surface area contributed by atoms with Gasteiger partial charge in [0.15, 0.2) is 0 Å². The van der Waals surface area contributed by atoms with Gasteiger partial charge >= 0.3 is 0 Å². The number of anilines is 1. The largest absolute Gasteiger partial charge is 0.295 e. The van der Waals surface area contributed by atoms with E-state index in [2.05, 4.69) is 5.10 Å². The number of carbonyl (C=O) groups excluding carboxylic acids is 1. The van der Waals surface area contributed by atoms with Gasteiger partial charge in [0.05, 0.1) is 11.9 Å². The van der Waals surface area contributed by atoms with Gasteiger partial charge < -0.3 is 0 Å². The summed E-state index contributed by atoms with van der Waals surface area (Å²) in [6.45, 7) is 0.0448. The minimum Gasteiger partial charge on any atom is -0.295 e. The van der Waals surface area contributed by atoms with Crippen molar-refractivity contribution >= 4 is 31.5 Å². The molecule has 3 rings (SSSR count). The van der Waals surface area contributed by atoms with E-state index in [0.29, 0.717) is 5.82 Å². The topological polar surface area (TPSA) is 72.3 Å². The molecule has 0 radical (unpaired) electrons. The molecule has 0 aliphatic carbocycles. The summed E-state index contributed by atoms with van der Waals surface area (Å²) in [4.78, 5) is 13.5. The number of rotatable bonds is 3. The van der Waals surface area contributed by atoms with Gasteiger partial charge in [-0.3, -0.25) is 9.69 Å². The number of amides is 1. The molecule has 0 saturated carbocycles. The Labute approximate surface area is 126 Å². The van der Waals surface area contributed by atoms with E-state index in [4.69, 9.17) is 10.7 Å². The number of nitrogens with zero attached hydrogens (tertiary/aromatic N) is 3. The predicted molar refractivity (Wildman–Crippen MR) is 79.1 cm³/mol. The van der Waals surface area contributed by atoms with Crippen LogP contribution in [0.1, 0.15) is 6.42 Å². The monoisotopic (exact) mass is 325 g/mol. The lowest BCUT2D eigenvalue weighted by molar-refractivity contribution is -0.117. The molecule has 1 saturated heterocycles. The van der Waals surface area contributed by atoms with Crippen molar-refractivity contribution in [1.82, 2.24) is 9.78 Å². The Morgan fingerprint density at radius 1 is 1.19 bits per heavy atom. The fourth-order valence-corrected chi connectivity index (χ4v) is 3.38. The van der Waals surface area contributed by atoms with Gasteiger partial charge in [0, 0.05) is 29.7 Å². The third-order valence-electron chi connectivity index (χ3n) is 3.39. The molecular formula is C13H12ClN3O3S. The van der Waals surface area contributed by atoms with Gasteiger partial charge in [-0.05, 0) is 12.1 Å². The maximum atomic E-state index is 12.1. The Kier molecular flexibility index (Phi) is 3.46. The Balaban J connectivity index is 1.96. The molecule has 1 unspecified atom stereocenters. The van der Waals surface area contributed by atoms with Crippen LogP contribution >= 0.6 is 10.7 Å². The summed E-state index contributed by atoms with van der Waals surface area (Å²) in [5.74, 6) is 0.260. The smallest absolute Gasteiger partial charge is 0.237 e. The molecule has 0 N–H and O–H groups in total. The van der Waals surface area contributed by atoms with Crippen LogP contribution in [-0.2, 0) is 13.8 Å². The van der Waals surface area contributed by atoms with E-state index in [9.17, 15) is 13.2 Å². The van der Waals surface area contributed by atoms with Crippen LogP contribution in [0.2, 0.25) is 0 Å². The summed E-state index contributed by atoms with van der Waals surface area (Å²) in [6, 6.07) is 11.0. The van der Waals surface area contributed by atoms with Crippen LogP contribution in [0.25, 0.3) is 5.69 Å². The number of benzene rings is 1. The average molecular weight is 326 g/mol. The summed E-state index contributed by atoms with van der Waals surface area (Å²) >= 11 is 0. The molecule has 8 heteroatoms. The molecule has 1 atom stereocenters. The van der Waals surface area contributed by atoms with Gasteiger partial charge in [-0.1, -0.05) is 18.2 Å². The van der Waals surface area contributed by atoms with Crippen LogP contribution in [0.5, 0.6) is 0 Å². The van der Waals surface area contributed by atoms with Crippen LogP contribution in [0, 0.1) is 0 Å². The number of halogens is 1. The normalized spacial score (nSPS) is 19.2.